The zero-order valence-corrected chi connectivity index (χ0v) is 12.4. The fraction of sp³-hybridized carbons (Fsp3) is 0.333. The third-order valence-electron chi connectivity index (χ3n) is 3.42. The lowest BCUT2D eigenvalue weighted by Gasteiger charge is -2.05. The lowest BCUT2D eigenvalue weighted by molar-refractivity contribution is 0.0756. The standard InChI is InChI=1S/C18H21NO2/c1-2-15-5-7-17(8-6-15)18(20)14-21-13-3-4-16-9-11-19-12-10-16/h5-12H,2-4,13-14H2,1H3. The van der Waals surface area contributed by atoms with E-state index >= 15 is 0 Å². The number of nitrogens with zero attached hydrogens (tertiary/aromatic N) is 1. The number of carbonyl (C=O) groups is 1. The number of aryl methyl sites for hydroxylation is 2. The number of ether oxygens (including phenoxy) is 1. The van der Waals surface area contributed by atoms with Gasteiger partial charge in [0.1, 0.15) is 6.61 Å². The largest absolute Gasteiger partial charge is 0.373 e. The van der Waals surface area contributed by atoms with Gasteiger partial charge in [-0.15, -0.1) is 0 Å². The molecule has 2 aromatic rings. The first-order valence-electron chi connectivity index (χ1n) is 7.38. The van der Waals surface area contributed by atoms with Crippen molar-refractivity contribution in [1.29, 1.82) is 0 Å². The number of hydrogen-bond acceptors (Lipinski definition) is 3. The highest BCUT2D eigenvalue weighted by molar-refractivity contribution is 5.97. The Morgan fingerprint density at radius 2 is 1.76 bits per heavy atom. The van der Waals surface area contributed by atoms with Crippen LogP contribution in [0.4, 0.5) is 0 Å². The SMILES string of the molecule is CCc1ccc(C(=O)COCCCc2ccncc2)cc1. The highest BCUT2D eigenvalue weighted by Gasteiger charge is 2.05. The molecule has 0 spiro atoms. The van der Waals surface area contributed by atoms with E-state index < -0.39 is 0 Å². The van der Waals surface area contributed by atoms with Crippen LogP contribution in [0.2, 0.25) is 0 Å². The molecule has 0 unspecified atom stereocenters. The summed E-state index contributed by atoms with van der Waals surface area (Å²) >= 11 is 0. The van der Waals surface area contributed by atoms with Crippen molar-refractivity contribution in [2.45, 2.75) is 26.2 Å². The second-order valence-corrected chi connectivity index (χ2v) is 4.99. The summed E-state index contributed by atoms with van der Waals surface area (Å²) in [7, 11) is 0. The Kier molecular flexibility index (Phi) is 6.10. The van der Waals surface area contributed by atoms with E-state index in [9.17, 15) is 4.79 Å². The Morgan fingerprint density at radius 1 is 1.05 bits per heavy atom. The molecule has 0 fully saturated rings. The molecule has 110 valence electrons. The molecule has 1 aromatic heterocycles. The van der Waals surface area contributed by atoms with Gasteiger partial charge in [0.15, 0.2) is 5.78 Å². The maximum absolute atomic E-state index is 11.9. The van der Waals surface area contributed by atoms with Crippen LogP contribution in [-0.4, -0.2) is 24.0 Å². The van der Waals surface area contributed by atoms with Gasteiger partial charge in [-0.1, -0.05) is 31.2 Å². The normalized spacial score (nSPS) is 10.5. The summed E-state index contributed by atoms with van der Waals surface area (Å²) < 4.78 is 5.46. The van der Waals surface area contributed by atoms with Crippen LogP contribution in [0.15, 0.2) is 48.8 Å². The van der Waals surface area contributed by atoms with Crippen LogP contribution in [0.25, 0.3) is 0 Å². The third kappa shape index (κ3) is 5.12. The molecule has 0 aliphatic heterocycles. The molecule has 1 aromatic carbocycles. The van der Waals surface area contributed by atoms with E-state index in [1.807, 2.05) is 36.4 Å². The number of rotatable bonds is 8. The fourth-order valence-electron chi connectivity index (χ4n) is 2.10. The summed E-state index contributed by atoms with van der Waals surface area (Å²) in [6.45, 7) is 2.85. The van der Waals surface area contributed by atoms with Crippen LogP contribution < -0.4 is 0 Å². The van der Waals surface area contributed by atoms with Crippen LogP contribution in [0.1, 0.15) is 34.8 Å². The summed E-state index contributed by atoms with van der Waals surface area (Å²) in [4.78, 5) is 15.9. The van der Waals surface area contributed by atoms with Crippen molar-refractivity contribution in [2.75, 3.05) is 13.2 Å². The average Bonchev–Trinajstić information content (AvgIpc) is 2.55. The molecule has 0 N–H and O–H groups in total. The number of aromatic nitrogens is 1. The number of benzene rings is 1. The smallest absolute Gasteiger partial charge is 0.188 e. The maximum atomic E-state index is 11.9. The van der Waals surface area contributed by atoms with Crippen molar-refractivity contribution >= 4 is 5.78 Å². The molecule has 0 amide bonds. The van der Waals surface area contributed by atoms with Gasteiger partial charge in [0.25, 0.3) is 0 Å². The predicted octanol–water partition coefficient (Wildman–Crippen LogP) is 3.48. The minimum absolute atomic E-state index is 0.0431. The molecule has 21 heavy (non-hydrogen) atoms. The molecule has 2 rings (SSSR count). The molecule has 0 saturated carbocycles. The summed E-state index contributed by atoms with van der Waals surface area (Å²) in [6.07, 6.45) is 6.42. The zero-order valence-electron chi connectivity index (χ0n) is 12.4. The Morgan fingerprint density at radius 3 is 2.43 bits per heavy atom. The highest BCUT2D eigenvalue weighted by Crippen LogP contribution is 2.06. The maximum Gasteiger partial charge on any atom is 0.188 e. The summed E-state index contributed by atoms with van der Waals surface area (Å²) in [5, 5.41) is 0. The van der Waals surface area contributed by atoms with E-state index in [1.54, 1.807) is 12.4 Å². The van der Waals surface area contributed by atoms with E-state index in [4.69, 9.17) is 4.74 Å². The Hall–Kier alpha value is -2.00. The van der Waals surface area contributed by atoms with Crippen LogP contribution in [-0.2, 0) is 17.6 Å². The van der Waals surface area contributed by atoms with Gasteiger partial charge in [0.2, 0.25) is 0 Å². The minimum atomic E-state index is 0.0431. The predicted molar refractivity (Wildman–Crippen MR) is 83.5 cm³/mol. The van der Waals surface area contributed by atoms with Crippen molar-refractivity contribution in [1.82, 2.24) is 4.98 Å². The topological polar surface area (TPSA) is 39.2 Å². The molecule has 1 heterocycles. The molecule has 0 aliphatic carbocycles. The van der Waals surface area contributed by atoms with Gasteiger partial charge < -0.3 is 4.74 Å². The van der Waals surface area contributed by atoms with Crippen molar-refractivity contribution in [3.63, 3.8) is 0 Å². The molecule has 0 bridgehead atoms. The first kappa shape index (κ1) is 15.4. The molecule has 3 heteroatoms. The van der Waals surface area contributed by atoms with Gasteiger partial charge in [0.05, 0.1) is 0 Å². The summed E-state index contributed by atoms with van der Waals surface area (Å²) in [6, 6.07) is 11.7. The first-order valence-corrected chi connectivity index (χ1v) is 7.38. The summed E-state index contributed by atoms with van der Waals surface area (Å²) in [5.41, 5.74) is 3.21. The van der Waals surface area contributed by atoms with E-state index in [-0.39, 0.29) is 12.4 Å². The van der Waals surface area contributed by atoms with Gasteiger partial charge in [-0.05, 0) is 42.5 Å². The van der Waals surface area contributed by atoms with Crippen molar-refractivity contribution in [3.8, 4) is 0 Å². The average molecular weight is 283 g/mol. The first-order chi connectivity index (χ1) is 10.3. The van der Waals surface area contributed by atoms with E-state index in [2.05, 4.69) is 11.9 Å². The van der Waals surface area contributed by atoms with Gasteiger partial charge >= 0.3 is 0 Å². The Balaban J connectivity index is 1.67. The molecular weight excluding hydrogens is 262 g/mol. The number of pyridine rings is 1. The van der Waals surface area contributed by atoms with Crippen LogP contribution >= 0.6 is 0 Å². The molecular formula is C18H21NO2. The van der Waals surface area contributed by atoms with E-state index in [0.717, 1.165) is 24.8 Å². The third-order valence-corrected chi connectivity index (χ3v) is 3.42. The van der Waals surface area contributed by atoms with Crippen molar-refractivity contribution in [2.24, 2.45) is 0 Å². The van der Waals surface area contributed by atoms with Gasteiger partial charge in [-0.2, -0.15) is 0 Å². The van der Waals surface area contributed by atoms with Crippen LogP contribution in [0, 0.1) is 0 Å². The van der Waals surface area contributed by atoms with E-state index in [1.165, 1.54) is 11.1 Å². The van der Waals surface area contributed by atoms with Crippen molar-refractivity contribution < 1.29 is 9.53 Å². The van der Waals surface area contributed by atoms with E-state index in [0.29, 0.717) is 6.61 Å². The number of ketones is 1. The lowest BCUT2D eigenvalue weighted by atomic mass is 10.1. The Labute approximate surface area is 126 Å². The second kappa shape index (κ2) is 8.32. The van der Waals surface area contributed by atoms with Crippen LogP contribution in [0.5, 0.6) is 0 Å². The summed E-state index contributed by atoms with van der Waals surface area (Å²) in [5.74, 6) is 0.0431. The van der Waals surface area contributed by atoms with Gasteiger partial charge in [-0.25, -0.2) is 0 Å². The molecule has 0 atom stereocenters. The van der Waals surface area contributed by atoms with Crippen molar-refractivity contribution in [3.05, 3.63) is 65.5 Å². The number of Topliss-reactive ketones (excluding diaryl/α,β-unsaturated/α-hetero) is 1. The lowest BCUT2D eigenvalue weighted by Crippen LogP contribution is -2.10. The quantitative estimate of drug-likeness (QED) is 0.550. The Bertz CT molecular complexity index is 549. The highest BCUT2D eigenvalue weighted by atomic mass is 16.5. The van der Waals surface area contributed by atoms with Crippen LogP contribution in [0.3, 0.4) is 0 Å². The molecule has 0 aliphatic rings. The molecule has 3 nitrogen and oxygen atoms in total. The number of hydrogen-bond donors (Lipinski definition) is 0. The zero-order chi connectivity index (χ0) is 14.9. The molecule has 0 radical (unpaired) electrons. The van der Waals surface area contributed by atoms with Gasteiger partial charge in [-0.3, -0.25) is 9.78 Å². The fourth-order valence-corrected chi connectivity index (χ4v) is 2.10. The second-order valence-electron chi connectivity index (χ2n) is 4.99. The monoisotopic (exact) mass is 283 g/mol. The minimum Gasteiger partial charge on any atom is -0.373 e. The van der Waals surface area contributed by atoms with Gasteiger partial charge in [0, 0.05) is 24.6 Å². The number of carbonyl (C=O) groups excluding carboxylic acids is 1. The molecule has 0 saturated heterocycles.